The fraction of sp³-hybridized carbons (Fsp3) is 0.909. The van der Waals surface area contributed by atoms with Crippen molar-refractivity contribution < 1.29 is 17.9 Å². The lowest BCUT2D eigenvalue weighted by atomic mass is 9.99. The Morgan fingerprint density at radius 2 is 2.06 bits per heavy atom. The molecule has 0 aromatic rings. The van der Waals surface area contributed by atoms with E-state index in [0.717, 1.165) is 0 Å². The number of sulfone groups is 1. The Kier molecular flexibility index (Phi) is 4.61. The molecule has 1 amide bonds. The third kappa shape index (κ3) is 4.81. The fourth-order valence-corrected chi connectivity index (χ4v) is 3.75. The first-order valence-electron chi connectivity index (χ1n) is 6.03. The van der Waals surface area contributed by atoms with Gasteiger partial charge in [0, 0.05) is 12.0 Å². The van der Waals surface area contributed by atoms with Crippen LogP contribution in [0.5, 0.6) is 0 Å². The van der Waals surface area contributed by atoms with Gasteiger partial charge in [0.25, 0.3) is 0 Å². The van der Waals surface area contributed by atoms with Crippen molar-refractivity contribution in [3.05, 3.63) is 0 Å². The predicted molar refractivity (Wildman–Crippen MR) is 69.0 cm³/mol. The summed E-state index contributed by atoms with van der Waals surface area (Å²) in [5.74, 6) is -0.121. The van der Waals surface area contributed by atoms with Crippen LogP contribution in [0.2, 0.25) is 0 Å². The molecule has 0 aliphatic carbocycles. The number of carbonyl (C=O) groups excluding carboxylic acids is 1. The van der Waals surface area contributed by atoms with Crippen molar-refractivity contribution in [3.63, 3.8) is 0 Å². The van der Waals surface area contributed by atoms with Gasteiger partial charge in [0.15, 0.2) is 9.84 Å². The Morgan fingerprint density at radius 1 is 1.44 bits per heavy atom. The molecule has 2 atom stereocenters. The summed E-state index contributed by atoms with van der Waals surface area (Å²) >= 11 is 0. The van der Waals surface area contributed by atoms with E-state index in [9.17, 15) is 13.2 Å². The van der Waals surface area contributed by atoms with Crippen LogP contribution >= 0.6 is 0 Å². The van der Waals surface area contributed by atoms with Crippen LogP contribution in [-0.2, 0) is 14.6 Å². The maximum atomic E-state index is 11.6. The van der Waals surface area contributed by atoms with Crippen LogP contribution < -0.4 is 11.1 Å². The molecular weight excluding hydrogens is 256 g/mol. The van der Waals surface area contributed by atoms with Gasteiger partial charge in [0.1, 0.15) is 5.60 Å². The summed E-state index contributed by atoms with van der Waals surface area (Å²) in [6, 6.07) is -0.228. The fourth-order valence-electron chi connectivity index (χ4n) is 1.95. The Morgan fingerprint density at radius 3 is 2.56 bits per heavy atom. The number of rotatable bonds is 2. The van der Waals surface area contributed by atoms with Gasteiger partial charge in [-0.05, 0) is 33.7 Å². The highest BCUT2D eigenvalue weighted by Gasteiger charge is 2.34. The number of amides is 1. The van der Waals surface area contributed by atoms with Crippen LogP contribution in [0.15, 0.2) is 0 Å². The van der Waals surface area contributed by atoms with Gasteiger partial charge in [0.05, 0.1) is 11.5 Å². The molecule has 0 bridgehead atoms. The highest BCUT2D eigenvalue weighted by molar-refractivity contribution is 7.91. The maximum absolute atomic E-state index is 11.6. The summed E-state index contributed by atoms with van der Waals surface area (Å²) in [6.07, 6.45) is -0.131. The number of hydrogen-bond acceptors (Lipinski definition) is 5. The van der Waals surface area contributed by atoms with Crippen molar-refractivity contribution in [2.45, 2.75) is 38.8 Å². The molecule has 1 aliphatic rings. The topological polar surface area (TPSA) is 98.5 Å². The van der Waals surface area contributed by atoms with E-state index >= 15 is 0 Å². The molecule has 18 heavy (non-hydrogen) atoms. The summed E-state index contributed by atoms with van der Waals surface area (Å²) in [4.78, 5) is 11.6. The molecule has 0 aromatic heterocycles. The first-order valence-corrected chi connectivity index (χ1v) is 7.85. The second-order valence-corrected chi connectivity index (χ2v) is 7.88. The third-order valence-electron chi connectivity index (χ3n) is 2.78. The molecule has 0 radical (unpaired) electrons. The normalized spacial score (nSPS) is 27.6. The van der Waals surface area contributed by atoms with Crippen LogP contribution in [-0.4, -0.2) is 44.2 Å². The summed E-state index contributed by atoms with van der Waals surface area (Å²) in [5.41, 5.74) is 4.99. The molecular formula is C11H22N2O4S. The minimum Gasteiger partial charge on any atom is -0.444 e. The Labute approximate surface area is 108 Å². The lowest BCUT2D eigenvalue weighted by Gasteiger charge is -2.31. The monoisotopic (exact) mass is 278 g/mol. The molecule has 1 heterocycles. The summed E-state index contributed by atoms with van der Waals surface area (Å²) < 4.78 is 28.1. The minimum atomic E-state index is -3.02. The van der Waals surface area contributed by atoms with Gasteiger partial charge in [-0.15, -0.1) is 0 Å². The van der Waals surface area contributed by atoms with Crippen LogP contribution in [0, 0.1) is 5.92 Å². The maximum Gasteiger partial charge on any atom is 0.407 e. The van der Waals surface area contributed by atoms with E-state index in [0.29, 0.717) is 6.42 Å². The van der Waals surface area contributed by atoms with Crippen molar-refractivity contribution >= 4 is 15.9 Å². The first-order chi connectivity index (χ1) is 8.13. The van der Waals surface area contributed by atoms with Gasteiger partial charge in [-0.3, -0.25) is 0 Å². The zero-order chi connectivity index (χ0) is 14.0. The highest BCUT2D eigenvalue weighted by Crippen LogP contribution is 2.19. The smallest absolute Gasteiger partial charge is 0.407 e. The molecule has 1 rings (SSSR count). The molecule has 7 heteroatoms. The summed E-state index contributed by atoms with van der Waals surface area (Å²) in [7, 11) is -3.02. The van der Waals surface area contributed by atoms with Crippen molar-refractivity contribution in [2.75, 3.05) is 18.1 Å². The first kappa shape index (κ1) is 15.2. The number of nitrogens with one attached hydrogen (secondary N) is 1. The van der Waals surface area contributed by atoms with Crippen molar-refractivity contribution in [3.8, 4) is 0 Å². The lowest BCUT2D eigenvalue weighted by Crippen LogP contribution is -2.51. The highest BCUT2D eigenvalue weighted by atomic mass is 32.2. The lowest BCUT2D eigenvalue weighted by molar-refractivity contribution is 0.0486. The summed E-state index contributed by atoms with van der Waals surface area (Å²) in [5, 5.41) is 2.71. The zero-order valence-corrected chi connectivity index (χ0v) is 11.9. The minimum absolute atomic E-state index is 0.0317. The van der Waals surface area contributed by atoms with Gasteiger partial charge in [-0.1, -0.05) is 0 Å². The molecule has 1 fully saturated rings. The Balaban J connectivity index is 2.59. The quantitative estimate of drug-likeness (QED) is 0.755. The number of hydrogen-bond donors (Lipinski definition) is 2. The molecule has 1 aliphatic heterocycles. The average Bonchev–Trinajstić information content (AvgIpc) is 2.17. The van der Waals surface area contributed by atoms with E-state index < -0.39 is 21.5 Å². The van der Waals surface area contributed by atoms with E-state index in [1.165, 1.54) is 0 Å². The predicted octanol–water partition coefficient (Wildman–Crippen LogP) is 0.273. The van der Waals surface area contributed by atoms with Crippen LogP contribution in [0.1, 0.15) is 27.2 Å². The molecule has 0 saturated carbocycles. The van der Waals surface area contributed by atoms with Crippen molar-refractivity contribution in [1.82, 2.24) is 5.32 Å². The largest absolute Gasteiger partial charge is 0.444 e. The zero-order valence-electron chi connectivity index (χ0n) is 11.1. The van der Waals surface area contributed by atoms with E-state index in [1.807, 2.05) is 0 Å². The number of alkyl carbamates (subject to hydrolysis) is 1. The van der Waals surface area contributed by atoms with Crippen molar-refractivity contribution in [1.29, 1.82) is 0 Å². The SMILES string of the molecule is CC(C)(C)OC(=O)NC1CCS(=O)(=O)CC1CN. The summed E-state index contributed by atoms with van der Waals surface area (Å²) in [6.45, 7) is 5.56. The Hall–Kier alpha value is -0.820. The van der Waals surface area contributed by atoms with Crippen molar-refractivity contribution in [2.24, 2.45) is 11.7 Å². The molecule has 6 nitrogen and oxygen atoms in total. The molecule has 0 aromatic carbocycles. The van der Waals surface area contributed by atoms with Gasteiger partial charge in [-0.2, -0.15) is 0 Å². The molecule has 2 unspecified atom stereocenters. The Bertz CT molecular complexity index is 400. The van der Waals surface area contributed by atoms with E-state index in [4.69, 9.17) is 10.5 Å². The van der Waals surface area contributed by atoms with Gasteiger partial charge < -0.3 is 15.8 Å². The third-order valence-corrected chi connectivity index (χ3v) is 4.58. The molecule has 106 valence electrons. The van der Waals surface area contributed by atoms with Gasteiger partial charge in [-0.25, -0.2) is 13.2 Å². The number of nitrogens with two attached hydrogens (primary N) is 1. The van der Waals surface area contributed by atoms with Gasteiger partial charge >= 0.3 is 6.09 Å². The van der Waals surface area contributed by atoms with Gasteiger partial charge in [0.2, 0.25) is 0 Å². The van der Waals surface area contributed by atoms with E-state index in [-0.39, 0.29) is 30.0 Å². The molecule has 0 spiro atoms. The molecule has 3 N–H and O–H groups in total. The number of ether oxygens (including phenoxy) is 1. The molecule has 1 saturated heterocycles. The van der Waals surface area contributed by atoms with Crippen LogP contribution in [0.3, 0.4) is 0 Å². The number of carbonyl (C=O) groups is 1. The van der Waals surface area contributed by atoms with Crippen LogP contribution in [0.4, 0.5) is 4.79 Å². The van der Waals surface area contributed by atoms with E-state index in [2.05, 4.69) is 5.32 Å². The average molecular weight is 278 g/mol. The second kappa shape index (κ2) is 5.44. The van der Waals surface area contributed by atoms with E-state index in [1.54, 1.807) is 20.8 Å². The standard InChI is InChI=1S/C11H22N2O4S/c1-11(2,3)17-10(14)13-9-4-5-18(15,16)7-8(9)6-12/h8-9H,4-7,12H2,1-3H3,(H,13,14). The second-order valence-electron chi connectivity index (χ2n) is 5.65. The van der Waals surface area contributed by atoms with Crippen LogP contribution in [0.25, 0.3) is 0 Å².